The van der Waals surface area contributed by atoms with E-state index in [2.05, 4.69) is 17.5 Å². The number of aromatic nitrogens is 1. The summed E-state index contributed by atoms with van der Waals surface area (Å²) in [5, 5.41) is 5.22. The number of carbonyl (C=O) groups is 1. The highest BCUT2D eigenvalue weighted by Crippen LogP contribution is 2.27. The Hall–Kier alpha value is -3.22. The van der Waals surface area contributed by atoms with Gasteiger partial charge in [-0.25, -0.2) is 10.4 Å². The molecule has 33 heavy (non-hydrogen) atoms. The first-order valence-corrected chi connectivity index (χ1v) is 12.0. The van der Waals surface area contributed by atoms with Crippen LogP contribution in [0.5, 0.6) is 5.75 Å². The van der Waals surface area contributed by atoms with Gasteiger partial charge in [-0.05, 0) is 61.9 Å². The minimum atomic E-state index is -0.281. The van der Waals surface area contributed by atoms with Crippen molar-refractivity contribution in [2.24, 2.45) is 5.10 Å². The molecule has 0 fully saturated rings. The van der Waals surface area contributed by atoms with Gasteiger partial charge in [0.2, 0.25) is 0 Å². The number of fused-ring (bicyclic) bond motifs is 1. The van der Waals surface area contributed by atoms with Crippen LogP contribution in [-0.4, -0.2) is 23.2 Å². The molecule has 0 spiro atoms. The van der Waals surface area contributed by atoms with Gasteiger partial charge in [-0.2, -0.15) is 5.10 Å². The molecule has 2 aromatic heterocycles. The van der Waals surface area contributed by atoms with Crippen LogP contribution in [0, 0.1) is 0 Å². The van der Waals surface area contributed by atoms with Gasteiger partial charge >= 0.3 is 0 Å². The fraction of sp³-hybridized carbons (Fsp3) is 0.192. The Morgan fingerprint density at radius 2 is 1.88 bits per heavy atom. The third kappa shape index (κ3) is 5.41. The molecule has 7 heteroatoms. The van der Waals surface area contributed by atoms with E-state index in [0.717, 1.165) is 45.6 Å². The minimum Gasteiger partial charge on any atom is -0.494 e. The van der Waals surface area contributed by atoms with E-state index in [1.54, 1.807) is 0 Å². The summed E-state index contributed by atoms with van der Waals surface area (Å²) in [4.78, 5) is 19.0. The molecule has 0 aliphatic rings. The second kappa shape index (κ2) is 10.6. The van der Waals surface area contributed by atoms with Gasteiger partial charge in [-0.1, -0.05) is 43.1 Å². The van der Waals surface area contributed by atoms with E-state index in [-0.39, 0.29) is 5.91 Å². The zero-order valence-electron chi connectivity index (χ0n) is 18.5. The van der Waals surface area contributed by atoms with E-state index in [0.29, 0.717) is 22.2 Å². The van der Waals surface area contributed by atoms with Crippen LogP contribution < -0.4 is 10.2 Å². The standard InChI is InChI=1S/C26H24ClN3O2S/c1-3-7-22(24-14-15-25(27)33-24)29-30-26(31)20-16-23(28-21-9-6-5-8-19(20)21)17-10-12-18(13-11-17)32-4-2/h5-6,8-16H,3-4,7H2,1-2H3,(H,30,31)/b29-22+. The summed E-state index contributed by atoms with van der Waals surface area (Å²) >= 11 is 7.55. The lowest BCUT2D eigenvalue weighted by Crippen LogP contribution is -2.20. The third-order valence-electron chi connectivity index (χ3n) is 5.06. The van der Waals surface area contributed by atoms with Crippen LogP contribution >= 0.6 is 22.9 Å². The maximum absolute atomic E-state index is 13.2. The topological polar surface area (TPSA) is 63.6 Å². The summed E-state index contributed by atoms with van der Waals surface area (Å²) in [6.45, 7) is 4.63. The predicted molar refractivity (Wildman–Crippen MR) is 137 cm³/mol. The highest BCUT2D eigenvalue weighted by atomic mass is 35.5. The highest BCUT2D eigenvalue weighted by molar-refractivity contribution is 7.18. The van der Waals surface area contributed by atoms with E-state index < -0.39 is 0 Å². The quantitative estimate of drug-likeness (QED) is 0.220. The number of thiophene rings is 1. The van der Waals surface area contributed by atoms with E-state index in [4.69, 9.17) is 21.3 Å². The summed E-state index contributed by atoms with van der Waals surface area (Å²) in [6, 6.07) is 20.9. The molecule has 0 saturated heterocycles. The maximum atomic E-state index is 13.2. The first-order chi connectivity index (χ1) is 16.1. The molecule has 4 rings (SSSR count). The van der Waals surface area contributed by atoms with Crippen molar-refractivity contribution in [2.45, 2.75) is 26.7 Å². The van der Waals surface area contributed by atoms with Gasteiger partial charge in [0.25, 0.3) is 5.91 Å². The number of pyridine rings is 1. The smallest absolute Gasteiger partial charge is 0.272 e. The van der Waals surface area contributed by atoms with Gasteiger partial charge in [0.05, 0.1) is 38.3 Å². The maximum Gasteiger partial charge on any atom is 0.272 e. The Bertz CT molecular complexity index is 1300. The van der Waals surface area contributed by atoms with Crippen LogP contribution in [0.4, 0.5) is 0 Å². The number of hydrogen-bond acceptors (Lipinski definition) is 5. The van der Waals surface area contributed by atoms with Gasteiger partial charge in [0, 0.05) is 10.9 Å². The highest BCUT2D eigenvalue weighted by Gasteiger charge is 2.15. The number of amides is 1. The number of carbonyl (C=O) groups excluding carboxylic acids is 1. The van der Waals surface area contributed by atoms with Gasteiger partial charge in [-0.15, -0.1) is 11.3 Å². The molecule has 0 atom stereocenters. The van der Waals surface area contributed by atoms with Crippen LogP contribution in [0.3, 0.4) is 0 Å². The number of para-hydroxylation sites is 1. The predicted octanol–water partition coefficient (Wildman–Crippen LogP) is 6.95. The molecule has 0 saturated carbocycles. The third-order valence-corrected chi connectivity index (χ3v) is 6.34. The molecule has 0 aliphatic heterocycles. The molecule has 0 aliphatic carbocycles. The van der Waals surface area contributed by atoms with Crippen molar-refractivity contribution < 1.29 is 9.53 Å². The number of nitrogens with zero attached hydrogens (tertiary/aromatic N) is 2. The summed E-state index contributed by atoms with van der Waals surface area (Å²) < 4.78 is 6.23. The second-order valence-corrected chi connectivity index (χ2v) is 9.10. The minimum absolute atomic E-state index is 0.281. The van der Waals surface area contributed by atoms with Crippen molar-refractivity contribution in [3.63, 3.8) is 0 Å². The number of benzene rings is 2. The van der Waals surface area contributed by atoms with Crippen molar-refractivity contribution in [1.82, 2.24) is 10.4 Å². The van der Waals surface area contributed by atoms with Gasteiger partial charge < -0.3 is 4.74 Å². The molecule has 168 valence electrons. The van der Waals surface area contributed by atoms with Gasteiger partial charge in [0.1, 0.15) is 5.75 Å². The lowest BCUT2D eigenvalue weighted by molar-refractivity contribution is 0.0956. The summed E-state index contributed by atoms with van der Waals surface area (Å²) in [6.07, 6.45) is 1.65. The molecular formula is C26H24ClN3O2S. The summed E-state index contributed by atoms with van der Waals surface area (Å²) in [5.74, 6) is 0.517. The Morgan fingerprint density at radius 3 is 2.58 bits per heavy atom. The number of nitrogens with one attached hydrogen (secondary N) is 1. The van der Waals surface area contributed by atoms with Gasteiger partial charge in [-0.3, -0.25) is 4.79 Å². The monoisotopic (exact) mass is 477 g/mol. The summed E-state index contributed by atoms with van der Waals surface area (Å²) in [7, 11) is 0. The lowest BCUT2D eigenvalue weighted by Gasteiger charge is -2.10. The first-order valence-electron chi connectivity index (χ1n) is 10.8. The molecule has 2 aromatic carbocycles. The van der Waals surface area contributed by atoms with Crippen molar-refractivity contribution in [3.05, 3.63) is 81.5 Å². The Labute approximate surface area is 202 Å². The van der Waals surface area contributed by atoms with Crippen LogP contribution in [0.1, 0.15) is 41.9 Å². The Morgan fingerprint density at radius 1 is 1.09 bits per heavy atom. The second-order valence-electron chi connectivity index (χ2n) is 7.38. The van der Waals surface area contributed by atoms with E-state index in [1.165, 1.54) is 11.3 Å². The van der Waals surface area contributed by atoms with E-state index in [9.17, 15) is 4.79 Å². The van der Waals surface area contributed by atoms with Crippen molar-refractivity contribution in [1.29, 1.82) is 0 Å². The Kier molecular flexibility index (Phi) is 7.37. The molecule has 0 unspecified atom stereocenters. The van der Waals surface area contributed by atoms with Crippen molar-refractivity contribution in [3.8, 4) is 17.0 Å². The molecule has 5 nitrogen and oxygen atoms in total. The number of hydrazone groups is 1. The molecule has 0 radical (unpaired) electrons. The number of ether oxygens (including phenoxy) is 1. The zero-order valence-corrected chi connectivity index (χ0v) is 20.0. The normalized spacial score (nSPS) is 11.5. The van der Waals surface area contributed by atoms with Crippen LogP contribution in [0.2, 0.25) is 4.34 Å². The van der Waals surface area contributed by atoms with Crippen molar-refractivity contribution >= 4 is 45.5 Å². The van der Waals surface area contributed by atoms with E-state index in [1.807, 2.05) is 73.7 Å². The molecule has 1 N–H and O–H groups in total. The first kappa shape index (κ1) is 23.0. The van der Waals surface area contributed by atoms with Crippen molar-refractivity contribution in [2.75, 3.05) is 6.61 Å². The number of hydrogen-bond donors (Lipinski definition) is 1. The fourth-order valence-corrected chi connectivity index (χ4v) is 4.58. The Balaban J connectivity index is 1.69. The van der Waals surface area contributed by atoms with Crippen LogP contribution in [0.15, 0.2) is 71.8 Å². The zero-order chi connectivity index (χ0) is 23.2. The number of halogens is 1. The number of rotatable bonds is 8. The van der Waals surface area contributed by atoms with E-state index >= 15 is 0 Å². The average Bonchev–Trinajstić information content (AvgIpc) is 3.27. The van der Waals surface area contributed by atoms with Crippen LogP contribution in [0.25, 0.3) is 22.2 Å². The molecule has 1 amide bonds. The molecular weight excluding hydrogens is 454 g/mol. The summed E-state index contributed by atoms with van der Waals surface area (Å²) in [5.41, 5.74) is 6.45. The lowest BCUT2D eigenvalue weighted by atomic mass is 10.0. The van der Waals surface area contributed by atoms with Gasteiger partial charge in [0.15, 0.2) is 0 Å². The fourth-order valence-electron chi connectivity index (χ4n) is 3.52. The molecule has 2 heterocycles. The average molecular weight is 478 g/mol. The van der Waals surface area contributed by atoms with Crippen LogP contribution in [-0.2, 0) is 0 Å². The molecule has 4 aromatic rings. The SMILES string of the molecule is CCC/C(=N\NC(=O)c1cc(-c2ccc(OCC)cc2)nc2ccccc12)c1ccc(Cl)s1. The molecule has 0 bridgehead atoms. The largest absolute Gasteiger partial charge is 0.494 e.